The Morgan fingerprint density at radius 2 is 2.00 bits per heavy atom. The predicted molar refractivity (Wildman–Crippen MR) is 77.6 cm³/mol. The Kier molecular flexibility index (Phi) is 4.53. The summed E-state index contributed by atoms with van der Waals surface area (Å²) in [5.74, 6) is 1.77. The van der Waals surface area contributed by atoms with Gasteiger partial charge >= 0.3 is 0 Å². The second kappa shape index (κ2) is 6.34. The van der Waals surface area contributed by atoms with Crippen LogP contribution >= 0.6 is 0 Å². The molecule has 1 aromatic heterocycles. The molecular formula is C16H20N2O. The van der Waals surface area contributed by atoms with Crippen LogP contribution in [-0.2, 0) is 6.54 Å². The maximum Gasteiger partial charge on any atom is 0.135 e. The van der Waals surface area contributed by atoms with E-state index >= 15 is 0 Å². The van der Waals surface area contributed by atoms with Gasteiger partial charge < -0.3 is 10.1 Å². The average molecular weight is 256 g/mol. The van der Waals surface area contributed by atoms with Crippen molar-refractivity contribution in [3.8, 4) is 11.5 Å². The number of benzene rings is 1. The Hall–Kier alpha value is -1.87. The van der Waals surface area contributed by atoms with Crippen LogP contribution in [0.4, 0.5) is 0 Å². The second-order valence-electron chi connectivity index (χ2n) is 4.63. The zero-order valence-electron chi connectivity index (χ0n) is 11.7. The molecule has 0 spiro atoms. The van der Waals surface area contributed by atoms with Crippen LogP contribution < -0.4 is 10.1 Å². The topological polar surface area (TPSA) is 34.2 Å². The van der Waals surface area contributed by atoms with Gasteiger partial charge in [-0.3, -0.25) is 4.98 Å². The maximum atomic E-state index is 6.04. The summed E-state index contributed by atoms with van der Waals surface area (Å²) in [6.45, 7) is 7.91. The van der Waals surface area contributed by atoms with E-state index < -0.39 is 0 Å². The van der Waals surface area contributed by atoms with E-state index in [9.17, 15) is 0 Å². The van der Waals surface area contributed by atoms with Gasteiger partial charge in [0.15, 0.2) is 0 Å². The van der Waals surface area contributed by atoms with Gasteiger partial charge in [0.25, 0.3) is 0 Å². The van der Waals surface area contributed by atoms with Crippen LogP contribution in [0.25, 0.3) is 0 Å². The second-order valence-corrected chi connectivity index (χ2v) is 4.63. The monoisotopic (exact) mass is 256 g/mol. The van der Waals surface area contributed by atoms with Gasteiger partial charge in [-0.15, -0.1) is 0 Å². The fourth-order valence-corrected chi connectivity index (χ4v) is 1.84. The lowest BCUT2D eigenvalue weighted by Crippen LogP contribution is -2.12. The van der Waals surface area contributed by atoms with Crippen molar-refractivity contribution in [2.24, 2.45) is 0 Å². The Balaban J connectivity index is 2.25. The van der Waals surface area contributed by atoms with Crippen molar-refractivity contribution in [3.63, 3.8) is 0 Å². The normalized spacial score (nSPS) is 10.5. The summed E-state index contributed by atoms with van der Waals surface area (Å²) in [5.41, 5.74) is 3.41. The van der Waals surface area contributed by atoms with Crippen LogP contribution in [0.5, 0.6) is 11.5 Å². The van der Waals surface area contributed by atoms with E-state index in [1.165, 1.54) is 5.56 Å². The van der Waals surface area contributed by atoms with E-state index in [0.29, 0.717) is 0 Å². The van der Waals surface area contributed by atoms with Crippen molar-refractivity contribution in [1.82, 2.24) is 10.3 Å². The first-order valence-electron chi connectivity index (χ1n) is 6.59. The van der Waals surface area contributed by atoms with E-state index in [4.69, 9.17) is 4.74 Å². The lowest BCUT2D eigenvalue weighted by atomic mass is 10.1. The van der Waals surface area contributed by atoms with Gasteiger partial charge in [-0.25, -0.2) is 0 Å². The molecule has 2 rings (SSSR count). The number of aromatic nitrogens is 1. The van der Waals surface area contributed by atoms with Crippen LogP contribution in [0.3, 0.4) is 0 Å². The summed E-state index contributed by atoms with van der Waals surface area (Å²) in [4.78, 5) is 4.16. The van der Waals surface area contributed by atoms with Gasteiger partial charge in [-0.2, -0.15) is 0 Å². The van der Waals surface area contributed by atoms with Gasteiger partial charge in [-0.05, 0) is 43.7 Å². The lowest BCUT2D eigenvalue weighted by Gasteiger charge is -2.13. The summed E-state index contributed by atoms with van der Waals surface area (Å²) in [7, 11) is 0. The van der Waals surface area contributed by atoms with Crippen LogP contribution in [-0.4, -0.2) is 11.5 Å². The molecule has 0 saturated heterocycles. The van der Waals surface area contributed by atoms with Crippen LogP contribution in [0, 0.1) is 13.8 Å². The highest BCUT2D eigenvalue weighted by atomic mass is 16.5. The molecule has 100 valence electrons. The number of hydrogen-bond donors (Lipinski definition) is 1. The molecule has 0 bridgehead atoms. The molecule has 1 N–H and O–H groups in total. The minimum Gasteiger partial charge on any atom is -0.457 e. The fraction of sp³-hybridized carbons (Fsp3) is 0.312. The molecular weight excluding hydrogens is 236 g/mol. The first kappa shape index (κ1) is 13.6. The molecule has 0 aliphatic heterocycles. The summed E-state index contributed by atoms with van der Waals surface area (Å²) in [6, 6.07) is 8.14. The van der Waals surface area contributed by atoms with Gasteiger partial charge in [0, 0.05) is 24.5 Å². The Bertz CT molecular complexity index is 552. The zero-order chi connectivity index (χ0) is 13.7. The maximum absolute atomic E-state index is 6.04. The summed E-state index contributed by atoms with van der Waals surface area (Å²) >= 11 is 0. The largest absolute Gasteiger partial charge is 0.457 e. The van der Waals surface area contributed by atoms with Crippen LogP contribution in [0.2, 0.25) is 0 Å². The van der Waals surface area contributed by atoms with E-state index in [1.807, 2.05) is 12.3 Å². The van der Waals surface area contributed by atoms with Crippen molar-refractivity contribution in [2.75, 3.05) is 6.54 Å². The first-order valence-corrected chi connectivity index (χ1v) is 6.59. The first-order chi connectivity index (χ1) is 9.20. The summed E-state index contributed by atoms with van der Waals surface area (Å²) in [6.07, 6.45) is 3.61. The molecule has 3 heteroatoms. The van der Waals surface area contributed by atoms with Gasteiger partial charge in [0.2, 0.25) is 0 Å². The number of hydrogen-bond acceptors (Lipinski definition) is 3. The van der Waals surface area contributed by atoms with Crippen LogP contribution in [0.1, 0.15) is 23.6 Å². The highest BCUT2D eigenvalue weighted by Gasteiger charge is 2.06. The van der Waals surface area contributed by atoms with Crippen molar-refractivity contribution in [2.45, 2.75) is 27.3 Å². The van der Waals surface area contributed by atoms with Gasteiger partial charge in [0.1, 0.15) is 11.5 Å². The number of pyridine rings is 1. The van der Waals surface area contributed by atoms with E-state index in [0.717, 1.165) is 35.7 Å². The molecule has 2 aromatic rings. The molecule has 0 unspecified atom stereocenters. The fourth-order valence-electron chi connectivity index (χ4n) is 1.84. The van der Waals surface area contributed by atoms with Gasteiger partial charge in [-0.1, -0.05) is 19.1 Å². The number of nitrogens with one attached hydrogen (secondary N) is 1. The van der Waals surface area contributed by atoms with Crippen molar-refractivity contribution >= 4 is 0 Å². The van der Waals surface area contributed by atoms with Crippen molar-refractivity contribution in [1.29, 1.82) is 0 Å². The molecule has 0 aliphatic rings. The highest BCUT2D eigenvalue weighted by molar-refractivity contribution is 5.41. The van der Waals surface area contributed by atoms with Crippen molar-refractivity contribution in [3.05, 3.63) is 53.3 Å². The van der Waals surface area contributed by atoms with Gasteiger partial charge in [0.05, 0.1) is 0 Å². The minimum absolute atomic E-state index is 0.768. The highest BCUT2D eigenvalue weighted by Crippen LogP contribution is 2.28. The molecule has 0 aliphatic carbocycles. The third-order valence-corrected chi connectivity index (χ3v) is 2.99. The molecule has 0 amide bonds. The molecule has 0 saturated carbocycles. The molecule has 19 heavy (non-hydrogen) atoms. The molecule has 3 nitrogen and oxygen atoms in total. The molecule has 0 radical (unpaired) electrons. The molecule has 1 aromatic carbocycles. The van der Waals surface area contributed by atoms with E-state index in [-0.39, 0.29) is 0 Å². The SMILES string of the molecule is CCNCc1cnccc1Oc1cc(C)ccc1C. The third-order valence-electron chi connectivity index (χ3n) is 2.99. The van der Waals surface area contributed by atoms with Crippen LogP contribution in [0.15, 0.2) is 36.7 Å². The Labute approximate surface area is 114 Å². The van der Waals surface area contributed by atoms with E-state index in [2.05, 4.69) is 49.3 Å². The Morgan fingerprint density at radius 1 is 1.16 bits per heavy atom. The number of ether oxygens (including phenoxy) is 1. The Morgan fingerprint density at radius 3 is 2.79 bits per heavy atom. The third kappa shape index (κ3) is 3.55. The summed E-state index contributed by atoms with van der Waals surface area (Å²) < 4.78 is 6.04. The predicted octanol–water partition coefficient (Wildman–Crippen LogP) is 3.60. The molecule has 0 atom stereocenters. The molecule has 1 heterocycles. The lowest BCUT2D eigenvalue weighted by molar-refractivity contribution is 0.468. The zero-order valence-corrected chi connectivity index (χ0v) is 11.7. The quantitative estimate of drug-likeness (QED) is 0.887. The number of aryl methyl sites for hydroxylation is 2. The average Bonchev–Trinajstić information content (AvgIpc) is 2.42. The smallest absolute Gasteiger partial charge is 0.135 e. The summed E-state index contributed by atoms with van der Waals surface area (Å²) in [5, 5.41) is 3.30. The van der Waals surface area contributed by atoms with Crippen molar-refractivity contribution < 1.29 is 4.74 Å². The minimum atomic E-state index is 0.768. The number of rotatable bonds is 5. The standard InChI is InChI=1S/C16H20N2O/c1-4-17-10-14-11-18-8-7-15(14)19-16-9-12(2)5-6-13(16)3/h5-9,11,17H,4,10H2,1-3H3. The number of nitrogens with zero attached hydrogens (tertiary/aromatic N) is 1. The molecule has 0 fully saturated rings. The van der Waals surface area contributed by atoms with E-state index in [1.54, 1.807) is 6.20 Å².